The Balaban J connectivity index is 1.24. The van der Waals surface area contributed by atoms with Crippen molar-refractivity contribution in [2.24, 2.45) is 5.92 Å². The monoisotopic (exact) mass is 727 g/mol. The first-order valence-electron chi connectivity index (χ1n) is 17.9. The van der Waals surface area contributed by atoms with Crippen molar-refractivity contribution in [2.75, 3.05) is 32.1 Å². The fourth-order valence-electron chi connectivity index (χ4n) is 7.08. The summed E-state index contributed by atoms with van der Waals surface area (Å²) in [6.07, 6.45) is 1.16. The minimum absolute atomic E-state index is 0.0169. The normalized spacial score (nSPS) is 23.0. The van der Waals surface area contributed by atoms with E-state index in [0.717, 1.165) is 53.7 Å². The van der Waals surface area contributed by atoms with Gasteiger partial charge >= 0.3 is 0 Å². The number of anilines is 1. The average Bonchev–Trinajstić information content (AvgIpc) is 3.59. The van der Waals surface area contributed by atoms with E-state index in [1.807, 2.05) is 79.7 Å². The first kappa shape index (κ1) is 37.8. The van der Waals surface area contributed by atoms with E-state index in [4.69, 9.17) is 14.2 Å². The van der Waals surface area contributed by atoms with Crippen molar-refractivity contribution in [3.05, 3.63) is 131 Å². The largest absolute Gasteiger partial charge is 0.392 e. The van der Waals surface area contributed by atoms with Gasteiger partial charge in [0.1, 0.15) is 6.04 Å². The summed E-state index contributed by atoms with van der Waals surface area (Å²) in [7, 11) is -2.26. The van der Waals surface area contributed by atoms with Crippen LogP contribution in [-0.2, 0) is 42.1 Å². The number of rotatable bonds is 14. The van der Waals surface area contributed by atoms with Crippen molar-refractivity contribution in [1.29, 1.82) is 0 Å². The Morgan fingerprint density at radius 2 is 1.69 bits per heavy atom. The molecule has 2 fully saturated rings. The highest BCUT2D eigenvalue weighted by molar-refractivity contribution is 7.89. The summed E-state index contributed by atoms with van der Waals surface area (Å²) in [5.41, 5.74) is 4.78. The van der Waals surface area contributed by atoms with Gasteiger partial charge in [0.25, 0.3) is 0 Å². The topological polar surface area (TPSA) is 126 Å². The Bertz CT molecular complexity index is 1870. The van der Waals surface area contributed by atoms with Crippen LogP contribution >= 0.6 is 0 Å². The predicted molar refractivity (Wildman–Crippen MR) is 200 cm³/mol. The second kappa shape index (κ2) is 17.3. The average molecular weight is 728 g/mol. The summed E-state index contributed by atoms with van der Waals surface area (Å²) in [5.74, 6) is -0.475. The summed E-state index contributed by atoms with van der Waals surface area (Å²) in [6, 6.07) is 30.2. The molecule has 4 aromatic carbocycles. The SMILES string of the molecule is COCC1CCCN1CC1OC(c2cccc(NC(=O)C(Cc3ccccc3)NS(=O)(=O)c3ccc(C)cc3)c2)OC(c2ccc(CO)cc2)C1C. The van der Waals surface area contributed by atoms with Crippen LogP contribution in [0.4, 0.5) is 5.69 Å². The van der Waals surface area contributed by atoms with E-state index in [9.17, 15) is 18.3 Å². The Labute approximate surface area is 307 Å². The molecule has 6 rings (SSSR count). The number of nitrogens with zero attached hydrogens (tertiary/aromatic N) is 1. The molecule has 0 bridgehead atoms. The number of ether oxygens (including phenoxy) is 3. The van der Waals surface area contributed by atoms with E-state index in [2.05, 4.69) is 21.9 Å². The molecule has 2 heterocycles. The van der Waals surface area contributed by atoms with Gasteiger partial charge in [-0.25, -0.2) is 8.42 Å². The zero-order valence-electron chi connectivity index (χ0n) is 30.0. The third-order valence-electron chi connectivity index (χ3n) is 10.1. The van der Waals surface area contributed by atoms with Crippen LogP contribution in [0.5, 0.6) is 0 Å². The second-order valence-corrected chi connectivity index (χ2v) is 15.6. The van der Waals surface area contributed by atoms with Gasteiger partial charge in [-0.15, -0.1) is 0 Å². The maximum atomic E-state index is 13.9. The number of carbonyl (C=O) groups excluding carboxylic acids is 1. The van der Waals surface area contributed by atoms with Crippen LogP contribution in [0.15, 0.2) is 108 Å². The van der Waals surface area contributed by atoms with Crippen molar-refractivity contribution in [2.45, 2.75) is 75.2 Å². The van der Waals surface area contributed by atoms with Gasteiger partial charge in [0, 0.05) is 36.9 Å². The highest BCUT2D eigenvalue weighted by Crippen LogP contribution is 2.42. The van der Waals surface area contributed by atoms with Crippen molar-refractivity contribution in [1.82, 2.24) is 9.62 Å². The number of hydrogen-bond donors (Lipinski definition) is 3. The van der Waals surface area contributed by atoms with E-state index >= 15 is 0 Å². The number of nitrogens with one attached hydrogen (secondary N) is 2. The van der Waals surface area contributed by atoms with Gasteiger partial charge in [0.05, 0.1) is 30.3 Å². The first-order chi connectivity index (χ1) is 25.1. The molecular formula is C41H49N3O7S. The molecule has 0 aromatic heterocycles. The number of carbonyl (C=O) groups is 1. The molecule has 1 amide bonds. The fourth-order valence-corrected chi connectivity index (χ4v) is 8.27. The highest BCUT2D eigenvalue weighted by atomic mass is 32.2. The zero-order valence-corrected chi connectivity index (χ0v) is 30.8. The molecule has 11 heteroatoms. The van der Waals surface area contributed by atoms with E-state index in [1.54, 1.807) is 25.3 Å². The molecule has 6 atom stereocenters. The molecular weight excluding hydrogens is 679 g/mol. The van der Waals surface area contributed by atoms with E-state index in [1.165, 1.54) is 12.1 Å². The lowest BCUT2D eigenvalue weighted by atomic mass is 9.90. The summed E-state index contributed by atoms with van der Waals surface area (Å²) in [6.45, 7) is 6.36. The number of aryl methyl sites for hydroxylation is 1. The van der Waals surface area contributed by atoms with Crippen LogP contribution in [0.3, 0.4) is 0 Å². The van der Waals surface area contributed by atoms with Crippen LogP contribution in [0.2, 0.25) is 0 Å². The van der Waals surface area contributed by atoms with Gasteiger partial charge in [0.15, 0.2) is 6.29 Å². The predicted octanol–water partition coefficient (Wildman–Crippen LogP) is 5.92. The third-order valence-corrected chi connectivity index (χ3v) is 11.5. The lowest BCUT2D eigenvalue weighted by Gasteiger charge is -2.43. The zero-order chi connectivity index (χ0) is 36.7. The molecule has 0 spiro atoms. The molecule has 10 nitrogen and oxygen atoms in total. The van der Waals surface area contributed by atoms with Crippen LogP contribution in [0, 0.1) is 12.8 Å². The Kier molecular flexibility index (Phi) is 12.5. The van der Waals surface area contributed by atoms with Crippen molar-refractivity contribution in [3.8, 4) is 0 Å². The standard InChI is InChI=1S/C41H49N3O7S/c1-28-14-20-36(21-15-28)52(47,48)43-37(23-30-9-5-4-6-10-30)40(46)42-34-12-7-11-33(24-34)41-50-38(25-44-22-8-13-35(44)27-49-3)29(2)39(51-41)32-18-16-31(26-45)17-19-32/h4-7,9-12,14-21,24,29,35,37-39,41,43,45H,8,13,22-23,25-27H2,1-3H3,(H,42,46). The van der Waals surface area contributed by atoms with Crippen LogP contribution in [-0.4, -0.2) is 69.3 Å². The highest BCUT2D eigenvalue weighted by Gasteiger charge is 2.40. The number of hydrogen-bond acceptors (Lipinski definition) is 8. The van der Waals surface area contributed by atoms with Gasteiger partial charge in [-0.2, -0.15) is 4.72 Å². The quantitative estimate of drug-likeness (QED) is 0.146. The Morgan fingerprint density at radius 1 is 0.942 bits per heavy atom. The molecule has 2 aliphatic heterocycles. The van der Waals surface area contributed by atoms with E-state index in [0.29, 0.717) is 18.3 Å². The maximum Gasteiger partial charge on any atom is 0.242 e. The molecule has 6 unspecified atom stereocenters. The molecule has 276 valence electrons. The third kappa shape index (κ3) is 9.34. The van der Waals surface area contributed by atoms with Gasteiger partial charge in [-0.3, -0.25) is 9.69 Å². The van der Waals surface area contributed by atoms with Crippen LogP contribution in [0.25, 0.3) is 0 Å². The molecule has 3 N–H and O–H groups in total. The number of methoxy groups -OCH3 is 1. The summed E-state index contributed by atoms with van der Waals surface area (Å²) >= 11 is 0. The number of amides is 1. The van der Waals surface area contributed by atoms with Gasteiger partial charge < -0.3 is 24.6 Å². The molecule has 0 saturated carbocycles. The molecule has 0 radical (unpaired) electrons. The number of aliphatic hydroxyl groups is 1. The summed E-state index contributed by atoms with van der Waals surface area (Å²) < 4.78 is 48.5. The van der Waals surface area contributed by atoms with Crippen molar-refractivity contribution in [3.63, 3.8) is 0 Å². The molecule has 2 aliphatic rings. The van der Waals surface area contributed by atoms with Gasteiger partial charge in [-0.1, -0.05) is 91.3 Å². The summed E-state index contributed by atoms with van der Waals surface area (Å²) in [4.78, 5) is 16.4. The molecule has 4 aromatic rings. The Morgan fingerprint density at radius 3 is 2.40 bits per heavy atom. The summed E-state index contributed by atoms with van der Waals surface area (Å²) in [5, 5.41) is 12.6. The van der Waals surface area contributed by atoms with Gasteiger partial charge in [0.2, 0.25) is 15.9 Å². The first-order valence-corrected chi connectivity index (χ1v) is 19.4. The smallest absolute Gasteiger partial charge is 0.242 e. The number of sulfonamides is 1. The fraction of sp³-hybridized carbons (Fsp3) is 0.390. The number of aliphatic hydroxyl groups excluding tert-OH is 1. The lowest BCUT2D eigenvalue weighted by Crippen LogP contribution is -2.46. The minimum atomic E-state index is -4.00. The Hall–Kier alpha value is -3.94. The maximum absolute atomic E-state index is 13.9. The minimum Gasteiger partial charge on any atom is -0.392 e. The van der Waals surface area contributed by atoms with E-state index in [-0.39, 0.29) is 36.0 Å². The second-order valence-electron chi connectivity index (χ2n) is 13.9. The van der Waals surface area contributed by atoms with Crippen LogP contribution in [0.1, 0.15) is 60.0 Å². The lowest BCUT2D eigenvalue weighted by molar-refractivity contribution is -0.276. The molecule has 0 aliphatic carbocycles. The number of benzene rings is 4. The molecule has 52 heavy (non-hydrogen) atoms. The van der Waals surface area contributed by atoms with Crippen LogP contribution < -0.4 is 10.0 Å². The van der Waals surface area contributed by atoms with Gasteiger partial charge in [-0.05, 0) is 73.7 Å². The number of likely N-dealkylation sites (tertiary alicyclic amines) is 1. The van der Waals surface area contributed by atoms with Crippen molar-refractivity contribution < 1.29 is 32.5 Å². The van der Waals surface area contributed by atoms with Crippen molar-refractivity contribution >= 4 is 21.6 Å². The molecule has 2 saturated heterocycles. The van der Waals surface area contributed by atoms with E-state index < -0.39 is 28.3 Å².